The molecule has 32 heavy (non-hydrogen) atoms. The molecule has 1 saturated heterocycles. The van der Waals surface area contributed by atoms with E-state index in [-0.39, 0.29) is 24.1 Å². The Bertz CT molecular complexity index is 1100. The number of halogens is 3. The standard InChI is InChI=1S/C24H24F3N3O2/c1-2-17-14-22(29-21-6-4-3-5-20(17)21)28-18-11-12-30(15-18)23(31)13-16-7-9-19(10-8-16)32-24(25,26)27/h3-10,14,18H,2,11-13,15H2,1H3,(H,28,29). The molecule has 2 heterocycles. The Balaban J connectivity index is 1.35. The maximum atomic E-state index is 12.7. The van der Waals surface area contributed by atoms with Gasteiger partial charge in [-0.3, -0.25) is 4.79 Å². The SMILES string of the molecule is CCc1cc(NC2CCN(C(=O)Cc3ccc(OC(F)(F)F)cc3)C2)nc2ccccc12. The molecule has 5 nitrogen and oxygen atoms in total. The number of ether oxygens (including phenoxy) is 1. The Morgan fingerprint density at radius 2 is 1.94 bits per heavy atom. The second-order valence-corrected chi connectivity index (χ2v) is 7.88. The van der Waals surface area contributed by atoms with Gasteiger partial charge in [-0.05, 0) is 48.2 Å². The summed E-state index contributed by atoms with van der Waals surface area (Å²) < 4.78 is 40.7. The molecule has 0 aliphatic carbocycles. The lowest BCUT2D eigenvalue weighted by Crippen LogP contribution is -2.32. The Hall–Kier alpha value is -3.29. The number of para-hydroxylation sites is 1. The monoisotopic (exact) mass is 443 g/mol. The van der Waals surface area contributed by atoms with Crippen LogP contribution in [0.25, 0.3) is 10.9 Å². The highest BCUT2D eigenvalue weighted by Crippen LogP contribution is 2.25. The van der Waals surface area contributed by atoms with Crippen molar-refractivity contribution in [3.63, 3.8) is 0 Å². The summed E-state index contributed by atoms with van der Waals surface area (Å²) in [4.78, 5) is 19.2. The van der Waals surface area contributed by atoms with Crippen LogP contribution in [-0.4, -0.2) is 41.3 Å². The van der Waals surface area contributed by atoms with Gasteiger partial charge in [-0.1, -0.05) is 37.3 Å². The Labute approximate surface area is 184 Å². The Kier molecular flexibility index (Phi) is 6.21. The number of rotatable bonds is 6. The number of aromatic nitrogens is 1. The maximum Gasteiger partial charge on any atom is 0.573 e. The van der Waals surface area contributed by atoms with Gasteiger partial charge in [-0.15, -0.1) is 13.2 Å². The first-order valence-corrected chi connectivity index (χ1v) is 10.6. The van der Waals surface area contributed by atoms with Gasteiger partial charge in [-0.2, -0.15) is 0 Å². The molecule has 8 heteroatoms. The molecule has 1 amide bonds. The molecule has 1 aliphatic heterocycles. The van der Waals surface area contributed by atoms with Gasteiger partial charge in [0.15, 0.2) is 0 Å². The highest BCUT2D eigenvalue weighted by Gasteiger charge is 2.31. The minimum absolute atomic E-state index is 0.0560. The van der Waals surface area contributed by atoms with Crippen LogP contribution in [0, 0.1) is 0 Å². The van der Waals surface area contributed by atoms with Crippen molar-refractivity contribution in [1.82, 2.24) is 9.88 Å². The van der Waals surface area contributed by atoms with Crippen molar-refractivity contribution >= 4 is 22.6 Å². The number of aryl methyl sites for hydroxylation is 1. The lowest BCUT2D eigenvalue weighted by Gasteiger charge is -2.18. The zero-order valence-corrected chi connectivity index (χ0v) is 17.7. The van der Waals surface area contributed by atoms with Gasteiger partial charge < -0.3 is 15.0 Å². The van der Waals surface area contributed by atoms with Gasteiger partial charge in [0, 0.05) is 24.5 Å². The second kappa shape index (κ2) is 9.06. The van der Waals surface area contributed by atoms with Gasteiger partial charge in [-0.25, -0.2) is 4.98 Å². The van der Waals surface area contributed by atoms with E-state index in [1.807, 2.05) is 18.2 Å². The first-order chi connectivity index (χ1) is 15.3. The van der Waals surface area contributed by atoms with Crippen LogP contribution in [0.15, 0.2) is 54.6 Å². The largest absolute Gasteiger partial charge is 0.573 e. The Morgan fingerprint density at radius 1 is 1.19 bits per heavy atom. The molecule has 0 spiro atoms. The van der Waals surface area contributed by atoms with E-state index in [0.717, 1.165) is 29.6 Å². The number of hydrogen-bond acceptors (Lipinski definition) is 4. The van der Waals surface area contributed by atoms with E-state index in [9.17, 15) is 18.0 Å². The number of alkyl halides is 3. The van der Waals surface area contributed by atoms with E-state index in [1.165, 1.54) is 29.8 Å². The van der Waals surface area contributed by atoms with Crippen LogP contribution >= 0.6 is 0 Å². The molecule has 0 saturated carbocycles. The molecular formula is C24H24F3N3O2. The molecule has 1 unspecified atom stereocenters. The van der Waals surface area contributed by atoms with Crippen LogP contribution < -0.4 is 10.1 Å². The fourth-order valence-corrected chi connectivity index (χ4v) is 4.02. The molecule has 1 aromatic heterocycles. The summed E-state index contributed by atoms with van der Waals surface area (Å²) in [5.74, 6) is 0.452. The quantitative estimate of drug-likeness (QED) is 0.586. The first-order valence-electron chi connectivity index (χ1n) is 10.6. The molecule has 1 aliphatic rings. The molecule has 1 fully saturated rings. The third kappa shape index (κ3) is 5.30. The maximum absolute atomic E-state index is 12.7. The van der Waals surface area contributed by atoms with E-state index in [1.54, 1.807) is 4.90 Å². The molecule has 3 aromatic rings. The Morgan fingerprint density at radius 3 is 2.66 bits per heavy atom. The minimum atomic E-state index is -4.73. The van der Waals surface area contributed by atoms with E-state index in [0.29, 0.717) is 18.7 Å². The highest BCUT2D eigenvalue weighted by atomic mass is 19.4. The van der Waals surface area contributed by atoms with Crippen LogP contribution in [0.3, 0.4) is 0 Å². The fourth-order valence-electron chi connectivity index (χ4n) is 4.02. The number of carbonyl (C=O) groups is 1. The smallest absolute Gasteiger partial charge is 0.406 e. The van der Waals surface area contributed by atoms with E-state index >= 15 is 0 Å². The number of nitrogens with zero attached hydrogens (tertiary/aromatic N) is 2. The van der Waals surface area contributed by atoms with Crippen molar-refractivity contribution in [2.24, 2.45) is 0 Å². The summed E-state index contributed by atoms with van der Waals surface area (Å²) in [6.45, 7) is 3.30. The number of benzene rings is 2. The predicted octanol–water partition coefficient (Wildman–Crippen LogP) is 4.95. The molecule has 4 rings (SSSR count). The van der Waals surface area contributed by atoms with Crippen molar-refractivity contribution in [1.29, 1.82) is 0 Å². The van der Waals surface area contributed by atoms with Gasteiger partial charge in [0.1, 0.15) is 11.6 Å². The summed E-state index contributed by atoms with van der Waals surface area (Å²) in [6.07, 6.45) is -2.89. The third-order valence-corrected chi connectivity index (χ3v) is 5.59. The van der Waals surface area contributed by atoms with Crippen LogP contribution in [0.2, 0.25) is 0 Å². The number of anilines is 1. The van der Waals surface area contributed by atoms with Crippen LogP contribution in [0.1, 0.15) is 24.5 Å². The van der Waals surface area contributed by atoms with Crippen molar-refractivity contribution in [2.45, 2.75) is 38.6 Å². The zero-order valence-electron chi connectivity index (χ0n) is 17.7. The van der Waals surface area contributed by atoms with Crippen LogP contribution in [0.5, 0.6) is 5.75 Å². The number of amides is 1. The van der Waals surface area contributed by atoms with E-state index in [4.69, 9.17) is 4.98 Å². The van der Waals surface area contributed by atoms with Gasteiger partial charge in [0.2, 0.25) is 5.91 Å². The number of pyridine rings is 1. The lowest BCUT2D eigenvalue weighted by atomic mass is 10.1. The van der Waals surface area contributed by atoms with Crippen molar-refractivity contribution in [3.8, 4) is 5.75 Å². The molecule has 0 bridgehead atoms. The summed E-state index contributed by atoms with van der Waals surface area (Å²) in [7, 11) is 0. The minimum Gasteiger partial charge on any atom is -0.406 e. The van der Waals surface area contributed by atoms with E-state index < -0.39 is 6.36 Å². The van der Waals surface area contributed by atoms with Crippen LogP contribution in [0.4, 0.5) is 19.0 Å². The number of nitrogens with one attached hydrogen (secondary N) is 1. The topological polar surface area (TPSA) is 54.5 Å². The molecule has 1 atom stereocenters. The molecule has 2 aromatic carbocycles. The van der Waals surface area contributed by atoms with Gasteiger partial charge in [0.05, 0.1) is 11.9 Å². The molecule has 1 N–H and O–H groups in total. The van der Waals surface area contributed by atoms with Crippen molar-refractivity contribution < 1.29 is 22.7 Å². The molecule has 0 radical (unpaired) electrons. The molecule has 168 valence electrons. The van der Waals surface area contributed by atoms with Crippen LogP contribution in [-0.2, 0) is 17.6 Å². The fraction of sp³-hybridized carbons (Fsp3) is 0.333. The second-order valence-electron chi connectivity index (χ2n) is 7.88. The van der Waals surface area contributed by atoms with Crippen molar-refractivity contribution in [3.05, 3.63) is 65.7 Å². The predicted molar refractivity (Wildman–Crippen MR) is 117 cm³/mol. The number of hydrogen-bond donors (Lipinski definition) is 1. The normalized spacial score (nSPS) is 16.4. The first kappa shape index (κ1) is 21.9. The summed E-state index contributed by atoms with van der Waals surface area (Å²) >= 11 is 0. The summed E-state index contributed by atoms with van der Waals surface area (Å²) in [5.41, 5.74) is 2.81. The lowest BCUT2D eigenvalue weighted by molar-refractivity contribution is -0.274. The zero-order chi connectivity index (χ0) is 22.7. The number of carbonyl (C=O) groups excluding carboxylic acids is 1. The average Bonchev–Trinajstić information content (AvgIpc) is 3.22. The summed E-state index contributed by atoms with van der Waals surface area (Å²) in [6, 6.07) is 15.6. The van der Waals surface area contributed by atoms with E-state index in [2.05, 4.69) is 29.1 Å². The van der Waals surface area contributed by atoms with Gasteiger partial charge in [0.25, 0.3) is 0 Å². The highest BCUT2D eigenvalue weighted by molar-refractivity contribution is 5.84. The number of fused-ring (bicyclic) bond motifs is 1. The average molecular weight is 443 g/mol. The van der Waals surface area contributed by atoms with Gasteiger partial charge >= 0.3 is 6.36 Å². The third-order valence-electron chi connectivity index (χ3n) is 5.59. The molecular weight excluding hydrogens is 419 g/mol. The number of likely N-dealkylation sites (tertiary alicyclic amines) is 1. The van der Waals surface area contributed by atoms with Crippen molar-refractivity contribution in [2.75, 3.05) is 18.4 Å². The summed E-state index contributed by atoms with van der Waals surface area (Å²) in [5, 5.41) is 4.61.